The first-order valence-corrected chi connectivity index (χ1v) is 5.98. The van der Waals surface area contributed by atoms with Crippen molar-refractivity contribution < 1.29 is 14.7 Å². The molecular formula is C13H16N2O3. The first kappa shape index (κ1) is 12.4. The number of likely N-dealkylation sites (tertiary alicyclic amines) is 1. The van der Waals surface area contributed by atoms with Gasteiger partial charge < -0.3 is 15.3 Å². The summed E-state index contributed by atoms with van der Waals surface area (Å²) in [7, 11) is 0. The van der Waals surface area contributed by atoms with Crippen LogP contribution in [0, 0.1) is 6.92 Å². The molecule has 0 radical (unpaired) electrons. The zero-order valence-electron chi connectivity index (χ0n) is 10.3. The average molecular weight is 248 g/mol. The van der Waals surface area contributed by atoms with Gasteiger partial charge in [-0.25, -0.2) is 9.59 Å². The number of carboxylic acids is 1. The summed E-state index contributed by atoms with van der Waals surface area (Å²) in [6, 6.07) is 4.75. The van der Waals surface area contributed by atoms with Crippen LogP contribution in [0.2, 0.25) is 0 Å². The van der Waals surface area contributed by atoms with Gasteiger partial charge >= 0.3 is 12.0 Å². The number of nitrogens with zero attached hydrogens (tertiary/aromatic N) is 1. The Morgan fingerprint density at radius 3 is 2.56 bits per heavy atom. The van der Waals surface area contributed by atoms with Crippen molar-refractivity contribution in [2.45, 2.75) is 19.8 Å². The summed E-state index contributed by atoms with van der Waals surface area (Å²) in [5, 5.41) is 11.8. The van der Waals surface area contributed by atoms with Crippen LogP contribution in [0.1, 0.15) is 28.8 Å². The zero-order chi connectivity index (χ0) is 13.1. The Labute approximate surface area is 105 Å². The molecule has 1 aromatic rings. The van der Waals surface area contributed by atoms with Gasteiger partial charge in [0.2, 0.25) is 0 Å². The predicted octanol–water partition coefficient (Wildman–Crippen LogP) is 2.32. The molecule has 0 aliphatic carbocycles. The van der Waals surface area contributed by atoms with Gasteiger partial charge in [-0.05, 0) is 31.9 Å². The van der Waals surface area contributed by atoms with Crippen molar-refractivity contribution in [1.29, 1.82) is 0 Å². The van der Waals surface area contributed by atoms with E-state index in [1.165, 1.54) is 0 Å². The summed E-state index contributed by atoms with van der Waals surface area (Å²) in [6.07, 6.45) is 2.01. The zero-order valence-corrected chi connectivity index (χ0v) is 10.3. The number of anilines is 1. The minimum absolute atomic E-state index is 0.127. The van der Waals surface area contributed by atoms with Crippen molar-refractivity contribution in [3.63, 3.8) is 0 Å². The van der Waals surface area contributed by atoms with Crippen LogP contribution in [0.15, 0.2) is 18.2 Å². The average Bonchev–Trinajstić information content (AvgIpc) is 2.84. The first-order chi connectivity index (χ1) is 8.58. The van der Waals surface area contributed by atoms with Gasteiger partial charge in [-0.3, -0.25) is 0 Å². The Bertz CT molecular complexity index is 479. The molecule has 5 nitrogen and oxygen atoms in total. The van der Waals surface area contributed by atoms with Gasteiger partial charge in [0.1, 0.15) is 0 Å². The molecular weight excluding hydrogens is 232 g/mol. The maximum atomic E-state index is 11.9. The summed E-state index contributed by atoms with van der Waals surface area (Å²) in [5.41, 5.74) is 1.33. The fourth-order valence-electron chi connectivity index (χ4n) is 2.06. The highest BCUT2D eigenvalue weighted by atomic mass is 16.4. The van der Waals surface area contributed by atoms with Crippen molar-refractivity contribution in [2.24, 2.45) is 0 Å². The van der Waals surface area contributed by atoms with Crippen LogP contribution in [-0.2, 0) is 0 Å². The largest absolute Gasteiger partial charge is 0.478 e. The molecule has 0 atom stereocenters. The molecule has 0 aromatic heterocycles. The van der Waals surface area contributed by atoms with Crippen LogP contribution >= 0.6 is 0 Å². The summed E-state index contributed by atoms with van der Waals surface area (Å²) in [4.78, 5) is 24.7. The Morgan fingerprint density at radius 1 is 1.28 bits per heavy atom. The molecule has 96 valence electrons. The van der Waals surface area contributed by atoms with Crippen LogP contribution in [0.5, 0.6) is 0 Å². The molecule has 2 N–H and O–H groups in total. The van der Waals surface area contributed by atoms with E-state index in [1.54, 1.807) is 23.1 Å². The third-order valence-corrected chi connectivity index (χ3v) is 3.04. The van der Waals surface area contributed by atoms with Crippen LogP contribution < -0.4 is 5.32 Å². The number of benzene rings is 1. The third kappa shape index (κ3) is 2.61. The van der Waals surface area contributed by atoms with E-state index in [4.69, 9.17) is 5.11 Å². The molecule has 2 rings (SSSR count). The summed E-state index contributed by atoms with van der Waals surface area (Å²) < 4.78 is 0. The molecule has 1 aliphatic heterocycles. The monoisotopic (exact) mass is 248 g/mol. The normalized spacial score (nSPS) is 14.6. The van der Waals surface area contributed by atoms with Crippen molar-refractivity contribution in [3.05, 3.63) is 29.3 Å². The van der Waals surface area contributed by atoms with E-state index in [0.29, 0.717) is 5.69 Å². The summed E-state index contributed by atoms with van der Waals surface area (Å²) >= 11 is 0. The highest BCUT2D eigenvalue weighted by Gasteiger charge is 2.19. The molecule has 1 heterocycles. The van der Waals surface area contributed by atoms with Gasteiger partial charge in [-0.1, -0.05) is 11.6 Å². The number of hydrogen-bond donors (Lipinski definition) is 2. The number of carbonyl (C=O) groups is 2. The number of hydrogen-bond acceptors (Lipinski definition) is 2. The van der Waals surface area contributed by atoms with E-state index in [0.717, 1.165) is 31.5 Å². The molecule has 1 aromatic carbocycles. The fraction of sp³-hybridized carbons (Fsp3) is 0.385. The maximum Gasteiger partial charge on any atom is 0.337 e. The lowest BCUT2D eigenvalue weighted by molar-refractivity contribution is 0.0698. The van der Waals surface area contributed by atoms with Crippen molar-refractivity contribution >= 4 is 17.7 Å². The van der Waals surface area contributed by atoms with E-state index in [1.807, 2.05) is 6.92 Å². The Morgan fingerprint density at radius 2 is 1.94 bits per heavy atom. The van der Waals surface area contributed by atoms with Gasteiger partial charge in [-0.15, -0.1) is 0 Å². The fourth-order valence-corrected chi connectivity index (χ4v) is 2.06. The topological polar surface area (TPSA) is 69.6 Å². The minimum atomic E-state index is -1.03. The van der Waals surface area contributed by atoms with Gasteiger partial charge in [0.25, 0.3) is 0 Å². The molecule has 2 amide bonds. The van der Waals surface area contributed by atoms with Crippen LogP contribution in [0.25, 0.3) is 0 Å². The summed E-state index contributed by atoms with van der Waals surface area (Å²) in [5.74, 6) is -1.03. The molecule has 1 saturated heterocycles. The van der Waals surface area contributed by atoms with E-state index in [-0.39, 0.29) is 11.6 Å². The van der Waals surface area contributed by atoms with Crippen molar-refractivity contribution in [3.8, 4) is 0 Å². The van der Waals surface area contributed by atoms with Crippen LogP contribution in [0.4, 0.5) is 10.5 Å². The number of aryl methyl sites for hydroxylation is 1. The number of urea groups is 1. The van der Waals surface area contributed by atoms with Gasteiger partial charge in [-0.2, -0.15) is 0 Å². The number of rotatable bonds is 2. The van der Waals surface area contributed by atoms with Crippen molar-refractivity contribution in [2.75, 3.05) is 18.4 Å². The number of nitrogens with one attached hydrogen (secondary N) is 1. The van der Waals surface area contributed by atoms with E-state index in [9.17, 15) is 9.59 Å². The van der Waals surface area contributed by atoms with Gasteiger partial charge in [0, 0.05) is 13.1 Å². The number of amides is 2. The molecule has 1 aliphatic rings. The van der Waals surface area contributed by atoms with E-state index < -0.39 is 5.97 Å². The summed E-state index contributed by atoms with van der Waals surface area (Å²) in [6.45, 7) is 3.29. The highest BCUT2D eigenvalue weighted by Crippen LogP contribution is 2.19. The number of carbonyl (C=O) groups excluding carboxylic acids is 1. The SMILES string of the molecule is Cc1ccc(NC(=O)N2CCCC2)c(C(=O)O)c1. The van der Waals surface area contributed by atoms with Gasteiger partial charge in [0.15, 0.2) is 0 Å². The standard InChI is InChI=1S/C13H16N2O3/c1-9-4-5-11(10(8-9)12(16)17)14-13(18)15-6-2-3-7-15/h4-5,8H,2-3,6-7H2,1H3,(H,14,18)(H,16,17). The quantitative estimate of drug-likeness (QED) is 0.843. The predicted molar refractivity (Wildman–Crippen MR) is 68.0 cm³/mol. The van der Waals surface area contributed by atoms with Crippen LogP contribution in [0.3, 0.4) is 0 Å². The maximum absolute atomic E-state index is 11.9. The lowest BCUT2D eigenvalue weighted by Crippen LogP contribution is -2.32. The van der Waals surface area contributed by atoms with E-state index in [2.05, 4.69) is 5.32 Å². The smallest absolute Gasteiger partial charge is 0.337 e. The molecule has 18 heavy (non-hydrogen) atoms. The minimum Gasteiger partial charge on any atom is -0.478 e. The first-order valence-electron chi connectivity index (χ1n) is 5.98. The van der Waals surface area contributed by atoms with Gasteiger partial charge in [0.05, 0.1) is 11.3 Å². The van der Waals surface area contributed by atoms with E-state index >= 15 is 0 Å². The molecule has 0 bridgehead atoms. The number of aromatic carboxylic acids is 1. The molecule has 0 spiro atoms. The second-order valence-electron chi connectivity index (χ2n) is 4.48. The molecule has 1 fully saturated rings. The van der Waals surface area contributed by atoms with Crippen molar-refractivity contribution in [1.82, 2.24) is 4.90 Å². The lowest BCUT2D eigenvalue weighted by Gasteiger charge is -2.17. The Kier molecular flexibility index (Phi) is 3.50. The Balaban J connectivity index is 2.17. The second kappa shape index (κ2) is 5.08. The highest BCUT2D eigenvalue weighted by molar-refractivity contribution is 6.00. The van der Waals surface area contributed by atoms with Crippen LogP contribution in [-0.4, -0.2) is 35.1 Å². The second-order valence-corrected chi connectivity index (χ2v) is 4.48. The molecule has 0 saturated carbocycles. The lowest BCUT2D eigenvalue weighted by atomic mass is 10.1. The molecule has 0 unspecified atom stereocenters. The third-order valence-electron chi connectivity index (χ3n) is 3.04. The Hall–Kier alpha value is -2.04. The molecule has 5 heteroatoms. The number of carboxylic acid groups (broad SMARTS) is 1.